The monoisotopic (exact) mass is 269 g/mol. The van der Waals surface area contributed by atoms with Crippen LogP contribution in [0.3, 0.4) is 0 Å². The lowest BCUT2D eigenvalue weighted by molar-refractivity contribution is 0.0707. The van der Waals surface area contributed by atoms with Gasteiger partial charge in [-0.1, -0.05) is 12.2 Å². The number of hydrogen-bond acceptors (Lipinski definition) is 3. The summed E-state index contributed by atoms with van der Waals surface area (Å²) in [6, 6.07) is 0. The molecule has 1 heterocycles. The summed E-state index contributed by atoms with van der Waals surface area (Å²) in [7, 11) is 0. The first-order valence-electron chi connectivity index (χ1n) is 7.77. The van der Waals surface area contributed by atoms with Crippen molar-refractivity contribution in [3.05, 3.63) is 12.2 Å². The number of hydrogen-bond donors (Lipinski definition) is 0. The number of nitrogens with zero attached hydrogens (tertiary/aromatic N) is 1. The number of piperidine rings is 1. The van der Waals surface area contributed by atoms with E-state index in [2.05, 4.69) is 25.3 Å². The summed E-state index contributed by atoms with van der Waals surface area (Å²) in [5, 5.41) is 0. The molecule has 0 aromatic carbocycles. The summed E-state index contributed by atoms with van der Waals surface area (Å²) in [5.74, 6) is 0. The maximum Gasteiger partial charge on any atom is 0.0593 e. The summed E-state index contributed by atoms with van der Waals surface area (Å²) in [4.78, 5) is 2.48. The largest absolute Gasteiger partial charge is 0.380 e. The van der Waals surface area contributed by atoms with Gasteiger partial charge in [-0.15, -0.1) is 0 Å². The second-order valence-electron chi connectivity index (χ2n) is 5.68. The molecule has 0 bridgehead atoms. The highest BCUT2D eigenvalue weighted by Gasteiger charge is 2.11. The highest BCUT2D eigenvalue weighted by molar-refractivity contribution is 4.98. The van der Waals surface area contributed by atoms with E-state index in [1.807, 2.05) is 0 Å². The van der Waals surface area contributed by atoms with E-state index in [0.29, 0.717) is 6.10 Å². The minimum atomic E-state index is 0.358. The number of ether oxygens (including phenoxy) is 2. The third-order valence-corrected chi connectivity index (χ3v) is 3.50. The van der Waals surface area contributed by atoms with Gasteiger partial charge in [-0.25, -0.2) is 0 Å². The lowest BCUT2D eigenvalue weighted by atomic mass is 10.1. The van der Waals surface area contributed by atoms with Crippen LogP contribution in [0.2, 0.25) is 0 Å². The van der Waals surface area contributed by atoms with Crippen molar-refractivity contribution >= 4 is 0 Å². The van der Waals surface area contributed by atoms with E-state index in [1.54, 1.807) is 0 Å². The van der Waals surface area contributed by atoms with Crippen molar-refractivity contribution in [2.75, 3.05) is 39.5 Å². The molecule has 1 saturated heterocycles. The predicted molar refractivity (Wildman–Crippen MR) is 80.6 cm³/mol. The SMILES string of the molecule is C=C1CCN(CCOCCCCCOC(C)C)CC1. The first-order chi connectivity index (χ1) is 9.18. The standard InChI is InChI=1S/C16H31NO2/c1-15(2)19-13-6-4-5-12-18-14-11-17-9-7-16(3)8-10-17/h15H,3-14H2,1-2H3. The maximum absolute atomic E-state index is 5.69. The first kappa shape index (κ1) is 16.7. The van der Waals surface area contributed by atoms with Crippen LogP contribution in [0.1, 0.15) is 46.0 Å². The molecule has 0 amide bonds. The minimum Gasteiger partial charge on any atom is -0.380 e. The summed E-state index contributed by atoms with van der Waals surface area (Å²) in [6.07, 6.45) is 6.19. The molecule has 0 spiro atoms. The molecule has 1 aliphatic rings. The second-order valence-corrected chi connectivity index (χ2v) is 5.68. The van der Waals surface area contributed by atoms with Gasteiger partial charge in [-0.2, -0.15) is 0 Å². The normalized spacial score (nSPS) is 17.3. The van der Waals surface area contributed by atoms with Crippen LogP contribution in [0.15, 0.2) is 12.2 Å². The molecule has 19 heavy (non-hydrogen) atoms. The Morgan fingerprint density at radius 3 is 2.42 bits per heavy atom. The van der Waals surface area contributed by atoms with E-state index in [0.717, 1.165) is 65.1 Å². The van der Waals surface area contributed by atoms with E-state index < -0.39 is 0 Å². The van der Waals surface area contributed by atoms with Crippen LogP contribution in [0.5, 0.6) is 0 Å². The third-order valence-electron chi connectivity index (χ3n) is 3.50. The van der Waals surface area contributed by atoms with Crippen LogP contribution in [0, 0.1) is 0 Å². The van der Waals surface area contributed by atoms with Gasteiger partial charge in [-0.05, 0) is 46.0 Å². The van der Waals surface area contributed by atoms with Gasteiger partial charge in [0.15, 0.2) is 0 Å². The first-order valence-corrected chi connectivity index (χ1v) is 7.77. The Morgan fingerprint density at radius 1 is 1.05 bits per heavy atom. The molecule has 0 aromatic heterocycles. The van der Waals surface area contributed by atoms with Crippen LogP contribution < -0.4 is 0 Å². The molecule has 1 rings (SSSR count). The molecule has 0 radical (unpaired) electrons. The molecule has 0 aromatic rings. The molecule has 0 aliphatic carbocycles. The summed E-state index contributed by atoms with van der Waals surface area (Å²) in [5.41, 5.74) is 1.40. The van der Waals surface area contributed by atoms with E-state index in [1.165, 1.54) is 12.0 Å². The van der Waals surface area contributed by atoms with E-state index in [4.69, 9.17) is 9.47 Å². The average Bonchev–Trinajstić information content (AvgIpc) is 2.38. The Balaban J connectivity index is 1.80. The van der Waals surface area contributed by atoms with E-state index >= 15 is 0 Å². The lowest BCUT2D eigenvalue weighted by Crippen LogP contribution is -2.33. The summed E-state index contributed by atoms with van der Waals surface area (Å²) in [6.45, 7) is 14.2. The Kier molecular flexibility index (Phi) is 9.14. The predicted octanol–water partition coefficient (Wildman–Crippen LogP) is 3.25. The average molecular weight is 269 g/mol. The van der Waals surface area contributed by atoms with Gasteiger partial charge < -0.3 is 14.4 Å². The molecule has 1 fully saturated rings. The summed E-state index contributed by atoms with van der Waals surface area (Å²) < 4.78 is 11.2. The van der Waals surface area contributed by atoms with Gasteiger partial charge in [0.25, 0.3) is 0 Å². The molecule has 112 valence electrons. The van der Waals surface area contributed by atoms with Crippen molar-refractivity contribution in [1.29, 1.82) is 0 Å². The molecule has 3 nitrogen and oxygen atoms in total. The Morgan fingerprint density at radius 2 is 1.74 bits per heavy atom. The van der Waals surface area contributed by atoms with Crippen molar-refractivity contribution in [3.63, 3.8) is 0 Å². The molecule has 0 unspecified atom stereocenters. The zero-order valence-electron chi connectivity index (χ0n) is 12.8. The molecular weight excluding hydrogens is 238 g/mol. The third kappa shape index (κ3) is 9.20. The zero-order chi connectivity index (χ0) is 13.9. The Hall–Kier alpha value is -0.380. The smallest absolute Gasteiger partial charge is 0.0593 e. The fourth-order valence-corrected chi connectivity index (χ4v) is 2.19. The number of likely N-dealkylation sites (tertiary alicyclic amines) is 1. The van der Waals surface area contributed by atoms with Gasteiger partial charge in [0, 0.05) is 32.8 Å². The van der Waals surface area contributed by atoms with Crippen LogP contribution in [0.25, 0.3) is 0 Å². The molecule has 0 N–H and O–H groups in total. The van der Waals surface area contributed by atoms with Crippen LogP contribution in [-0.4, -0.2) is 50.5 Å². The van der Waals surface area contributed by atoms with Crippen molar-refractivity contribution < 1.29 is 9.47 Å². The second kappa shape index (κ2) is 10.4. The Labute approximate surface area is 119 Å². The van der Waals surface area contributed by atoms with Crippen LogP contribution in [-0.2, 0) is 9.47 Å². The maximum atomic E-state index is 5.69. The van der Waals surface area contributed by atoms with Gasteiger partial charge in [0.2, 0.25) is 0 Å². The van der Waals surface area contributed by atoms with Crippen LogP contribution in [0.4, 0.5) is 0 Å². The molecule has 1 aliphatic heterocycles. The zero-order valence-corrected chi connectivity index (χ0v) is 12.8. The van der Waals surface area contributed by atoms with Crippen molar-refractivity contribution in [1.82, 2.24) is 4.90 Å². The van der Waals surface area contributed by atoms with Gasteiger partial charge in [-0.3, -0.25) is 0 Å². The molecule has 3 heteroatoms. The van der Waals surface area contributed by atoms with Gasteiger partial charge in [0.05, 0.1) is 12.7 Å². The van der Waals surface area contributed by atoms with Crippen LogP contribution >= 0.6 is 0 Å². The topological polar surface area (TPSA) is 21.7 Å². The number of rotatable bonds is 10. The lowest BCUT2D eigenvalue weighted by Gasteiger charge is -2.27. The van der Waals surface area contributed by atoms with Gasteiger partial charge in [0.1, 0.15) is 0 Å². The minimum absolute atomic E-state index is 0.358. The van der Waals surface area contributed by atoms with E-state index in [-0.39, 0.29) is 0 Å². The van der Waals surface area contributed by atoms with Gasteiger partial charge >= 0.3 is 0 Å². The van der Waals surface area contributed by atoms with Crippen molar-refractivity contribution in [2.45, 2.75) is 52.1 Å². The highest BCUT2D eigenvalue weighted by Crippen LogP contribution is 2.13. The molecule has 0 atom stereocenters. The summed E-state index contributed by atoms with van der Waals surface area (Å²) >= 11 is 0. The fraction of sp³-hybridized carbons (Fsp3) is 0.875. The van der Waals surface area contributed by atoms with Crippen molar-refractivity contribution in [2.24, 2.45) is 0 Å². The fourth-order valence-electron chi connectivity index (χ4n) is 2.19. The number of unbranched alkanes of at least 4 members (excludes halogenated alkanes) is 2. The Bertz CT molecular complexity index is 231. The molecular formula is C16H31NO2. The molecule has 0 saturated carbocycles. The highest BCUT2D eigenvalue weighted by atomic mass is 16.5. The van der Waals surface area contributed by atoms with E-state index in [9.17, 15) is 0 Å². The van der Waals surface area contributed by atoms with Crippen molar-refractivity contribution in [3.8, 4) is 0 Å². The quantitative estimate of drug-likeness (QED) is 0.449.